The highest BCUT2D eigenvalue weighted by Crippen LogP contribution is 2.38. The van der Waals surface area contributed by atoms with Crippen molar-refractivity contribution in [2.45, 2.75) is 12.0 Å². The van der Waals surface area contributed by atoms with Gasteiger partial charge in [0.2, 0.25) is 0 Å². The number of hydrogen-bond donors (Lipinski definition) is 2. The quantitative estimate of drug-likeness (QED) is 0.606. The Labute approximate surface area is 144 Å². The maximum absolute atomic E-state index is 9.32. The Kier molecular flexibility index (Phi) is 2.93. The van der Waals surface area contributed by atoms with E-state index in [2.05, 4.69) is 49.2 Å². The number of para-hydroxylation sites is 1. The van der Waals surface area contributed by atoms with Crippen molar-refractivity contribution in [1.29, 1.82) is 5.26 Å². The molecule has 25 heavy (non-hydrogen) atoms. The van der Waals surface area contributed by atoms with E-state index in [1.165, 1.54) is 0 Å². The highest BCUT2D eigenvalue weighted by molar-refractivity contribution is 6.02. The summed E-state index contributed by atoms with van der Waals surface area (Å²) in [6.07, 6.45) is 6.12. The molecule has 0 aliphatic carbocycles. The fraction of sp³-hybridized carbons (Fsp3) is 0.211. The predicted octanol–water partition coefficient (Wildman–Crippen LogP) is 2.79. The zero-order valence-corrected chi connectivity index (χ0v) is 13.5. The minimum atomic E-state index is -0.184. The number of fused-ring (bicyclic) bond motifs is 2. The summed E-state index contributed by atoms with van der Waals surface area (Å²) in [4.78, 5) is 12.0. The van der Waals surface area contributed by atoms with Crippen LogP contribution in [0.4, 0.5) is 0 Å². The smallest absolute Gasteiger partial charge is 0.141 e. The number of nitriles is 1. The summed E-state index contributed by atoms with van der Waals surface area (Å²) < 4.78 is 2.26. The molecular weight excluding hydrogens is 312 g/mol. The van der Waals surface area contributed by atoms with Crippen molar-refractivity contribution in [3.8, 4) is 17.3 Å². The molecule has 1 fully saturated rings. The van der Waals surface area contributed by atoms with E-state index in [9.17, 15) is 5.26 Å². The third kappa shape index (κ3) is 1.93. The normalized spacial score (nSPS) is 16.0. The van der Waals surface area contributed by atoms with Gasteiger partial charge in [0.15, 0.2) is 0 Å². The lowest BCUT2D eigenvalue weighted by Crippen LogP contribution is -2.60. The second-order valence-electron chi connectivity index (χ2n) is 6.55. The fourth-order valence-electron chi connectivity index (χ4n) is 3.79. The molecule has 1 aliphatic heterocycles. The molecule has 1 aliphatic rings. The summed E-state index contributed by atoms with van der Waals surface area (Å²) in [6.45, 7) is 1.62. The van der Waals surface area contributed by atoms with E-state index < -0.39 is 0 Å². The molecule has 0 saturated carbocycles. The van der Waals surface area contributed by atoms with Crippen LogP contribution in [0.3, 0.4) is 0 Å². The molecule has 0 amide bonds. The van der Waals surface area contributed by atoms with Crippen LogP contribution in [0.5, 0.6) is 0 Å². The highest BCUT2D eigenvalue weighted by Gasteiger charge is 2.39. The van der Waals surface area contributed by atoms with E-state index in [-0.39, 0.29) is 5.54 Å². The van der Waals surface area contributed by atoms with Crippen LogP contribution in [0.2, 0.25) is 0 Å². The zero-order chi connectivity index (χ0) is 16.9. The molecule has 0 spiro atoms. The average molecular weight is 328 g/mol. The molecule has 0 unspecified atom stereocenters. The van der Waals surface area contributed by atoms with E-state index in [1.54, 1.807) is 6.33 Å². The maximum atomic E-state index is 9.32. The van der Waals surface area contributed by atoms with Gasteiger partial charge in [-0.3, -0.25) is 0 Å². The number of aromatic nitrogens is 4. The lowest BCUT2D eigenvalue weighted by Gasteiger charge is -2.43. The molecule has 0 radical (unpaired) electrons. The zero-order valence-electron chi connectivity index (χ0n) is 13.5. The Hall–Kier alpha value is -3.17. The third-order valence-corrected chi connectivity index (χ3v) is 5.15. The molecule has 3 aromatic heterocycles. The summed E-state index contributed by atoms with van der Waals surface area (Å²) in [5, 5.41) is 14.8. The first kappa shape index (κ1) is 14.2. The Balaban J connectivity index is 1.81. The lowest BCUT2D eigenvalue weighted by atomic mass is 9.88. The van der Waals surface area contributed by atoms with Crippen molar-refractivity contribution in [3.05, 3.63) is 49.1 Å². The number of rotatable bonds is 3. The predicted molar refractivity (Wildman–Crippen MR) is 95.9 cm³/mol. The van der Waals surface area contributed by atoms with Crippen molar-refractivity contribution in [3.63, 3.8) is 0 Å². The van der Waals surface area contributed by atoms with Gasteiger partial charge in [-0.2, -0.15) is 5.26 Å². The molecule has 0 bridgehead atoms. The second-order valence-corrected chi connectivity index (χ2v) is 6.55. The van der Waals surface area contributed by atoms with Crippen LogP contribution >= 0.6 is 0 Å². The van der Waals surface area contributed by atoms with Crippen LogP contribution in [0, 0.1) is 11.3 Å². The Morgan fingerprint density at radius 3 is 2.84 bits per heavy atom. The van der Waals surface area contributed by atoms with Crippen molar-refractivity contribution < 1.29 is 0 Å². The average Bonchev–Trinajstić information content (AvgIpc) is 3.23. The minimum absolute atomic E-state index is 0.184. The number of hydrogen-bond acceptors (Lipinski definition) is 4. The Morgan fingerprint density at radius 1 is 1.16 bits per heavy atom. The van der Waals surface area contributed by atoms with Crippen LogP contribution in [-0.2, 0) is 5.54 Å². The van der Waals surface area contributed by atoms with Gasteiger partial charge in [-0.25, -0.2) is 9.97 Å². The van der Waals surface area contributed by atoms with Crippen molar-refractivity contribution in [1.82, 2.24) is 24.8 Å². The van der Waals surface area contributed by atoms with Crippen molar-refractivity contribution >= 4 is 21.9 Å². The Morgan fingerprint density at radius 2 is 2.04 bits per heavy atom. The third-order valence-electron chi connectivity index (χ3n) is 5.15. The second kappa shape index (κ2) is 5.16. The number of H-pyrrole nitrogens is 1. The SMILES string of the molecule is N#CCC1(n2cc(-c3ncnc4[nH]ccc34)c3ccccc32)CNC1. The van der Waals surface area contributed by atoms with Gasteiger partial charge in [-0.1, -0.05) is 18.2 Å². The maximum Gasteiger partial charge on any atom is 0.141 e. The van der Waals surface area contributed by atoms with Crippen LogP contribution in [0.25, 0.3) is 33.2 Å². The largest absolute Gasteiger partial charge is 0.346 e. The number of nitrogens with zero attached hydrogens (tertiary/aromatic N) is 4. The van der Waals surface area contributed by atoms with Gasteiger partial charge >= 0.3 is 0 Å². The van der Waals surface area contributed by atoms with Gasteiger partial charge < -0.3 is 14.9 Å². The van der Waals surface area contributed by atoms with Crippen LogP contribution in [0.1, 0.15) is 6.42 Å². The van der Waals surface area contributed by atoms with E-state index in [0.717, 1.165) is 46.3 Å². The first-order chi connectivity index (χ1) is 12.3. The van der Waals surface area contributed by atoms with E-state index in [4.69, 9.17) is 0 Å². The lowest BCUT2D eigenvalue weighted by molar-refractivity contribution is 0.187. The highest BCUT2D eigenvalue weighted by atomic mass is 15.2. The number of benzene rings is 1. The molecular formula is C19H16N6. The Bertz CT molecular complexity index is 1130. The standard InChI is InChI=1S/C19H16N6/c20-7-6-19(10-21-11-19)25-9-15(13-3-1-2-4-16(13)25)17-14-5-8-22-18(14)24-12-23-17/h1-5,8-9,12,21H,6,10-11H2,(H,22,23,24). The van der Waals surface area contributed by atoms with Gasteiger partial charge in [0, 0.05) is 47.3 Å². The molecule has 6 heteroatoms. The van der Waals surface area contributed by atoms with Gasteiger partial charge in [-0.15, -0.1) is 0 Å². The molecule has 4 aromatic rings. The molecule has 4 heterocycles. The molecule has 6 nitrogen and oxygen atoms in total. The summed E-state index contributed by atoms with van der Waals surface area (Å²) in [5.41, 5.74) is 3.78. The van der Waals surface area contributed by atoms with Crippen LogP contribution in [-0.4, -0.2) is 32.6 Å². The fourth-order valence-corrected chi connectivity index (χ4v) is 3.79. The molecule has 0 atom stereocenters. The molecule has 1 saturated heterocycles. The first-order valence-electron chi connectivity index (χ1n) is 8.29. The van der Waals surface area contributed by atoms with Gasteiger partial charge in [0.1, 0.15) is 12.0 Å². The van der Waals surface area contributed by atoms with E-state index in [0.29, 0.717) is 6.42 Å². The first-order valence-corrected chi connectivity index (χ1v) is 8.29. The monoisotopic (exact) mass is 328 g/mol. The van der Waals surface area contributed by atoms with Crippen LogP contribution < -0.4 is 5.32 Å². The molecule has 5 rings (SSSR count). The van der Waals surface area contributed by atoms with Gasteiger partial charge in [0.05, 0.1) is 23.7 Å². The summed E-state index contributed by atoms with van der Waals surface area (Å²) in [7, 11) is 0. The summed E-state index contributed by atoms with van der Waals surface area (Å²) in [6, 6.07) is 12.7. The number of aromatic amines is 1. The van der Waals surface area contributed by atoms with E-state index >= 15 is 0 Å². The van der Waals surface area contributed by atoms with Crippen molar-refractivity contribution in [2.24, 2.45) is 0 Å². The minimum Gasteiger partial charge on any atom is -0.346 e. The summed E-state index contributed by atoms with van der Waals surface area (Å²) in [5.74, 6) is 0. The topological polar surface area (TPSA) is 82.3 Å². The van der Waals surface area contributed by atoms with Crippen LogP contribution in [0.15, 0.2) is 49.1 Å². The molecule has 1 aromatic carbocycles. The molecule has 122 valence electrons. The van der Waals surface area contributed by atoms with Crippen molar-refractivity contribution in [2.75, 3.05) is 13.1 Å². The van der Waals surface area contributed by atoms with E-state index in [1.807, 2.05) is 24.4 Å². The number of nitrogens with one attached hydrogen (secondary N) is 2. The van der Waals surface area contributed by atoms with Gasteiger partial charge in [-0.05, 0) is 12.1 Å². The summed E-state index contributed by atoms with van der Waals surface area (Å²) >= 11 is 0. The van der Waals surface area contributed by atoms with Gasteiger partial charge in [0.25, 0.3) is 0 Å². The molecule has 2 N–H and O–H groups in total.